The summed E-state index contributed by atoms with van der Waals surface area (Å²) in [5.41, 5.74) is -0.694. The second-order valence-corrected chi connectivity index (χ2v) is 9.08. The van der Waals surface area contributed by atoms with Crippen LogP contribution in [0.1, 0.15) is 41.0 Å². The van der Waals surface area contributed by atoms with Gasteiger partial charge in [-0.1, -0.05) is 43.1 Å². The Morgan fingerprint density at radius 2 is 1.85 bits per heavy atom. The molecule has 0 aliphatic rings. The molecule has 0 saturated carbocycles. The minimum Gasteiger partial charge on any atom is -0.444 e. The Bertz CT molecular complexity index is 690. The molecule has 2 amide bonds. The summed E-state index contributed by atoms with van der Waals surface area (Å²) in [4.78, 5) is 24.7. The fourth-order valence-electron chi connectivity index (χ4n) is 2.00. The van der Waals surface area contributed by atoms with Crippen LogP contribution in [0.3, 0.4) is 0 Å². The molecule has 0 heterocycles. The molecule has 1 unspecified atom stereocenters. The standard InChI is InChI=1S/C17H24Cl2N2O4S/c1-10(2)9-12(20-16(23)25-17(3,4)5)15(22)21-26(24)13-8-6-7-11(18)14(13)19/h6-8,10,12H,9H2,1-5H3,(H,20,23)(H,21,22)/t12-,26?/m0/s1. The molecule has 0 radical (unpaired) electrons. The summed E-state index contributed by atoms with van der Waals surface area (Å²) in [6.07, 6.45) is -0.365. The van der Waals surface area contributed by atoms with E-state index < -0.39 is 34.6 Å². The van der Waals surface area contributed by atoms with Gasteiger partial charge in [0.25, 0.3) is 5.91 Å². The van der Waals surface area contributed by atoms with Crippen molar-refractivity contribution in [3.63, 3.8) is 0 Å². The average molecular weight is 423 g/mol. The second-order valence-electron chi connectivity index (χ2n) is 7.12. The minimum atomic E-state index is -1.91. The summed E-state index contributed by atoms with van der Waals surface area (Å²) in [6.45, 7) is 8.98. The number of carbonyl (C=O) groups is 2. The van der Waals surface area contributed by atoms with Gasteiger partial charge >= 0.3 is 6.09 Å². The number of halogens is 2. The number of nitrogens with one attached hydrogen (secondary N) is 2. The van der Waals surface area contributed by atoms with Crippen LogP contribution in [0.2, 0.25) is 10.0 Å². The molecule has 26 heavy (non-hydrogen) atoms. The van der Waals surface area contributed by atoms with Crippen LogP contribution in [-0.2, 0) is 20.5 Å². The Morgan fingerprint density at radius 3 is 2.38 bits per heavy atom. The Hall–Kier alpha value is -1.31. The molecule has 6 nitrogen and oxygen atoms in total. The van der Waals surface area contributed by atoms with Crippen LogP contribution in [0.25, 0.3) is 0 Å². The molecule has 1 rings (SSSR count). The first kappa shape index (κ1) is 22.7. The number of benzene rings is 1. The number of amides is 2. The maximum absolute atomic E-state index is 12.5. The highest BCUT2D eigenvalue weighted by Gasteiger charge is 2.27. The van der Waals surface area contributed by atoms with E-state index in [1.165, 1.54) is 6.07 Å². The highest BCUT2D eigenvalue weighted by atomic mass is 35.5. The van der Waals surface area contributed by atoms with E-state index in [1.54, 1.807) is 32.9 Å². The topological polar surface area (TPSA) is 84.5 Å². The lowest BCUT2D eigenvalue weighted by Crippen LogP contribution is -2.49. The highest BCUT2D eigenvalue weighted by molar-refractivity contribution is 7.83. The van der Waals surface area contributed by atoms with Crippen LogP contribution >= 0.6 is 23.2 Å². The van der Waals surface area contributed by atoms with Crippen molar-refractivity contribution in [2.75, 3.05) is 0 Å². The monoisotopic (exact) mass is 422 g/mol. The van der Waals surface area contributed by atoms with Gasteiger partial charge in [0.2, 0.25) is 0 Å². The van der Waals surface area contributed by atoms with Gasteiger partial charge in [0.1, 0.15) is 11.6 Å². The Morgan fingerprint density at radius 1 is 1.23 bits per heavy atom. The lowest BCUT2D eigenvalue weighted by atomic mass is 10.0. The van der Waals surface area contributed by atoms with Crippen molar-refractivity contribution in [3.05, 3.63) is 28.2 Å². The molecular formula is C17H24Cl2N2O4S. The SMILES string of the molecule is CC(C)C[C@H](NC(=O)OC(C)(C)C)C(=O)NS(=O)c1cccc(Cl)c1Cl. The quantitative estimate of drug-likeness (QED) is 0.723. The third-order valence-corrected chi connectivity index (χ3v) is 5.08. The first-order valence-electron chi connectivity index (χ1n) is 8.06. The largest absolute Gasteiger partial charge is 0.444 e. The summed E-state index contributed by atoms with van der Waals surface area (Å²) >= 11 is 11.9. The van der Waals surface area contributed by atoms with E-state index in [0.717, 1.165) is 0 Å². The molecule has 0 aliphatic carbocycles. The van der Waals surface area contributed by atoms with E-state index >= 15 is 0 Å². The molecule has 0 spiro atoms. The van der Waals surface area contributed by atoms with E-state index in [9.17, 15) is 13.8 Å². The van der Waals surface area contributed by atoms with Crippen molar-refractivity contribution >= 4 is 46.2 Å². The molecule has 0 saturated heterocycles. The van der Waals surface area contributed by atoms with Crippen molar-refractivity contribution < 1.29 is 18.5 Å². The number of hydrogen-bond donors (Lipinski definition) is 2. The molecule has 1 aromatic carbocycles. The Labute approximate surface area is 166 Å². The summed E-state index contributed by atoms with van der Waals surface area (Å²) in [5.74, 6) is -0.484. The van der Waals surface area contributed by atoms with Crippen molar-refractivity contribution in [1.29, 1.82) is 0 Å². The number of carbonyl (C=O) groups excluding carboxylic acids is 2. The summed E-state index contributed by atoms with van der Waals surface area (Å²) in [6, 6.07) is 3.74. The number of hydrogen-bond acceptors (Lipinski definition) is 4. The summed E-state index contributed by atoms with van der Waals surface area (Å²) in [5, 5.41) is 2.86. The highest BCUT2D eigenvalue weighted by Crippen LogP contribution is 2.27. The van der Waals surface area contributed by atoms with Gasteiger partial charge in [0, 0.05) is 0 Å². The first-order valence-corrected chi connectivity index (χ1v) is 9.97. The third kappa shape index (κ3) is 7.51. The predicted molar refractivity (Wildman–Crippen MR) is 104 cm³/mol. The van der Waals surface area contributed by atoms with Gasteiger partial charge in [-0.2, -0.15) is 0 Å². The molecule has 9 heteroatoms. The summed E-state index contributed by atoms with van der Waals surface area (Å²) < 4.78 is 20.0. The van der Waals surface area contributed by atoms with Crippen molar-refractivity contribution in [1.82, 2.24) is 10.0 Å². The van der Waals surface area contributed by atoms with Crippen LogP contribution in [0.4, 0.5) is 4.79 Å². The molecule has 2 N–H and O–H groups in total. The molecular weight excluding hydrogens is 399 g/mol. The first-order chi connectivity index (χ1) is 11.9. The fourth-order valence-corrected chi connectivity index (χ4v) is 3.47. The van der Waals surface area contributed by atoms with E-state index in [1.807, 2.05) is 13.8 Å². The zero-order chi connectivity index (χ0) is 20.1. The van der Waals surface area contributed by atoms with Crippen LogP contribution < -0.4 is 10.0 Å². The van der Waals surface area contributed by atoms with Gasteiger partial charge in [-0.05, 0) is 45.2 Å². The van der Waals surface area contributed by atoms with Crippen molar-refractivity contribution in [2.24, 2.45) is 5.92 Å². The van der Waals surface area contributed by atoms with E-state index in [4.69, 9.17) is 27.9 Å². The van der Waals surface area contributed by atoms with Crippen LogP contribution in [0.5, 0.6) is 0 Å². The zero-order valence-corrected chi connectivity index (χ0v) is 17.7. The van der Waals surface area contributed by atoms with E-state index in [2.05, 4.69) is 10.0 Å². The van der Waals surface area contributed by atoms with Gasteiger partial charge in [-0.15, -0.1) is 0 Å². The molecule has 146 valence electrons. The number of ether oxygens (including phenoxy) is 1. The summed E-state index contributed by atoms with van der Waals surface area (Å²) in [7, 11) is -1.91. The van der Waals surface area contributed by atoms with Gasteiger partial charge < -0.3 is 10.1 Å². The Kier molecular flexibility index (Phi) is 8.37. The van der Waals surface area contributed by atoms with E-state index in [0.29, 0.717) is 6.42 Å². The molecule has 0 aromatic heterocycles. The van der Waals surface area contributed by atoms with Crippen LogP contribution in [0, 0.1) is 5.92 Å². The fraction of sp³-hybridized carbons (Fsp3) is 0.529. The third-order valence-electron chi connectivity index (χ3n) is 3.02. The maximum Gasteiger partial charge on any atom is 0.408 e. The van der Waals surface area contributed by atoms with Gasteiger partial charge in [-0.3, -0.25) is 9.52 Å². The molecule has 0 bridgehead atoms. The van der Waals surface area contributed by atoms with Crippen LogP contribution in [0.15, 0.2) is 23.1 Å². The zero-order valence-electron chi connectivity index (χ0n) is 15.4. The molecule has 2 atom stereocenters. The van der Waals surface area contributed by atoms with Gasteiger partial charge in [-0.25, -0.2) is 9.00 Å². The lowest BCUT2D eigenvalue weighted by molar-refractivity contribution is -0.121. The molecule has 0 fully saturated rings. The Balaban J connectivity index is 2.87. The second kappa shape index (κ2) is 9.58. The van der Waals surface area contributed by atoms with Gasteiger partial charge in [0.05, 0.1) is 14.9 Å². The lowest BCUT2D eigenvalue weighted by Gasteiger charge is -2.24. The van der Waals surface area contributed by atoms with Crippen LogP contribution in [-0.4, -0.2) is 27.9 Å². The predicted octanol–water partition coefficient (Wildman–Crippen LogP) is 4.07. The maximum atomic E-state index is 12.5. The smallest absolute Gasteiger partial charge is 0.408 e. The van der Waals surface area contributed by atoms with E-state index in [-0.39, 0.29) is 20.9 Å². The normalized spacial score (nSPS) is 13.8. The van der Waals surface area contributed by atoms with Crippen molar-refractivity contribution in [2.45, 2.75) is 57.6 Å². The molecule has 1 aromatic rings. The molecule has 0 aliphatic heterocycles. The van der Waals surface area contributed by atoms with Crippen molar-refractivity contribution in [3.8, 4) is 0 Å². The van der Waals surface area contributed by atoms with Gasteiger partial charge in [0.15, 0.2) is 11.0 Å². The average Bonchev–Trinajstić information content (AvgIpc) is 2.46. The number of alkyl carbamates (subject to hydrolysis) is 1. The number of rotatable bonds is 6. The minimum absolute atomic E-state index is 0.105.